The zero-order valence-corrected chi connectivity index (χ0v) is 16.8. The Morgan fingerprint density at radius 2 is 1.25 bits per heavy atom. The molecular weight excluding hydrogens is 300 g/mol. The highest BCUT2D eigenvalue weighted by atomic mass is 16.2. The summed E-state index contributed by atoms with van der Waals surface area (Å²) in [4.78, 5) is 17.1. The lowest BCUT2D eigenvalue weighted by Gasteiger charge is -2.52. The van der Waals surface area contributed by atoms with Crippen LogP contribution in [0.3, 0.4) is 0 Å². The molecule has 2 aliphatic heterocycles. The lowest BCUT2D eigenvalue weighted by molar-refractivity contribution is -0.143. The second kappa shape index (κ2) is 5.73. The molecule has 0 atom stereocenters. The third-order valence-corrected chi connectivity index (χ3v) is 5.04. The van der Waals surface area contributed by atoms with E-state index in [9.17, 15) is 4.79 Å². The van der Waals surface area contributed by atoms with E-state index >= 15 is 0 Å². The van der Waals surface area contributed by atoms with Crippen molar-refractivity contribution in [3.8, 4) is 0 Å². The van der Waals surface area contributed by atoms with Gasteiger partial charge in [0.25, 0.3) is 0 Å². The summed E-state index contributed by atoms with van der Waals surface area (Å²) >= 11 is 0. The van der Waals surface area contributed by atoms with Gasteiger partial charge in [0.05, 0.1) is 11.1 Å². The van der Waals surface area contributed by atoms with Crippen LogP contribution in [-0.4, -0.2) is 64.0 Å². The van der Waals surface area contributed by atoms with Gasteiger partial charge in [-0.3, -0.25) is 15.4 Å². The molecule has 24 heavy (non-hydrogen) atoms. The summed E-state index contributed by atoms with van der Waals surface area (Å²) in [6.07, 6.45) is 0. The number of amides is 1. The quantitative estimate of drug-likeness (QED) is 0.827. The highest BCUT2D eigenvalue weighted by Gasteiger charge is 2.44. The molecule has 0 radical (unpaired) electrons. The van der Waals surface area contributed by atoms with Gasteiger partial charge in [-0.05, 0) is 55.4 Å². The molecule has 1 amide bonds. The molecule has 0 aromatic rings. The largest absolute Gasteiger partial charge is 0.370 e. The summed E-state index contributed by atoms with van der Waals surface area (Å²) in [5.41, 5.74) is 0.407. The first kappa shape index (κ1) is 19.3. The second-order valence-corrected chi connectivity index (χ2v) is 9.86. The minimum atomic E-state index is -0.513. The fourth-order valence-electron chi connectivity index (χ4n) is 4.44. The maximum Gasteiger partial charge on any atom is 0.242 e. The highest BCUT2D eigenvalue weighted by molar-refractivity contribution is 5.86. The molecule has 0 unspecified atom stereocenters. The van der Waals surface area contributed by atoms with Gasteiger partial charge in [-0.1, -0.05) is 6.58 Å². The zero-order chi connectivity index (χ0) is 18.6. The Labute approximate surface area is 147 Å². The van der Waals surface area contributed by atoms with Crippen molar-refractivity contribution >= 4 is 5.91 Å². The van der Waals surface area contributed by atoms with Gasteiger partial charge in [0, 0.05) is 43.0 Å². The van der Waals surface area contributed by atoms with E-state index in [-0.39, 0.29) is 22.5 Å². The van der Waals surface area contributed by atoms with Crippen LogP contribution in [0.1, 0.15) is 55.4 Å². The zero-order valence-electron chi connectivity index (χ0n) is 16.8. The van der Waals surface area contributed by atoms with E-state index in [1.165, 1.54) is 0 Å². The molecule has 2 N–H and O–H groups in total. The van der Waals surface area contributed by atoms with Gasteiger partial charge >= 0.3 is 0 Å². The van der Waals surface area contributed by atoms with Crippen molar-refractivity contribution in [1.82, 2.24) is 20.4 Å². The number of hydrogen-bond acceptors (Lipinski definition) is 4. The first-order valence-corrected chi connectivity index (χ1v) is 8.98. The van der Waals surface area contributed by atoms with E-state index in [0.29, 0.717) is 0 Å². The van der Waals surface area contributed by atoms with Crippen molar-refractivity contribution in [2.24, 2.45) is 0 Å². The van der Waals surface area contributed by atoms with Crippen LogP contribution in [0.4, 0.5) is 0 Å². The Bertz CT molecular complexity index is 485. The molecule has 0 aliphatic carbocycles. The molecule has 2 rings (SSSR count). The molecule has 138 valence electrons. The van der Waals surface area contributed by atoms with Crippen molar-refractivity contribution in [1.29, 1.82) is 0 Å². The smallest absolute Gasteiger partial charge is 0.242 e. The summed E-state index contributed by atoms with van der Waals surface area (Å²) in [7, 11) is 0. The Kier molecular flexibility index (Phi) is 4.60. The molecule has 2 saturated heterocycles. The predicted molar refractivity (Wildman–Crippen MR) is 99.9 cm³/mol. The number of hydrogen-bond donors (Lipinski definition) is 2. The monoisotopic (exact) mass is 336 g/mol. The van der Waals surface area contributed by atoms with Crippen LogP contribution in [-0.2, 0) is 4.79 Å². The normalized spacial score (nSPS) is 28.2. The molecule has 0 spiro atoms. The summed E-state index contributed by atoms with van der Waals surface area (Å²) < 4.78 is 0. The molecule has 0 saturated carbocycles. The average molecular weight is 337 g/mol. The fraction of sp³-hybridized carbons (Fsp3) is 0.842. The SMILES string of the molecule is C=C1N(CCN2CC(C)(C)NC(C)(C)C2=O)CC(C)(C)NC1(C)C. The highest BCUT2D eigenvalue weighted by Crippen LogP contribution is 2.29. The molecule has 0 aromatic heterocycles. The summed E-state index contributed by atoms with van der Waals surface area (Å²) in [5.74, 6) is 0.182. The van der Waals surface area contributed by atoms with E-state index in [2.05, 4.69) is 63.7 Å². The number of rotatable bonds is 3. The van der Waals surface area contributed by atoms with Gasteiger partial charge in [-0.2, -0.15) is 0 Å². The number of nitrogens with zero attached hydrogens (tertiary/aromatic N) is 2. The number of carbonyl (C=O) groups excluding carboxylic acids is 1. The topological polar surface area (TPSA) is 47.6 Å². The third kappa shape index (κ3) is 3.94. The van der Waals surface area contributed by atoms with Crippen LogP contribution in [0.25, 0.3) is 0 Å². The molecule has 5 nitrogen and oxygen atoms in total. The Hall–Kier alpha value is -1.07. The van der Waals surface area contributed by atoms with E-state index < -0.39 is 5.54 Å². The molecule has 0 bridgehead atoms. The predicted octanol–water partition coefficient (Wildman–Crippen LogP) is 1.95. The van der Waals surface area contributed by atoms with Crippen molar-refractivity contribution in [3.63, 3.8) is 0 Å². The van der Waals surface area contributed by atoms with Crippen LogP contribution >= 0.6 is 0 Å². The average Bonchev–Trinajstić information content (AvgIpc) is 2.34. The van der Waals surface area contributed by atoms with E-state index in [0.717, 1.165) is 31.9 Å². The maximum atomic E-state index is 12.8. The van der Waals surface area contributed by atoms with Crippen LogP contribution in [0.5, 0.6) is 0 Å². The van der Waals surface area contributed by atoms with E-state index in [1.807, 2.05) is 18.7 Å². The lowest BCUT2D eigenvalue weighted by Crippen LogP contribution is -2.70. The summed E-state index contributed by atoms with van der Waals surface area (Å²) in [6.45, 7) is 24.5. The molecular formula is C19H36N4O. The standard InChI is InChI=1S/C19H36N4O/c1-14-18(6,7)20-16(2,3)12-22(14)10-11-23-13-17(4,5)21-19(8,9)15(23)24/h20-21H,1,10-13H2,2-9H3. The maximum absolute atomic E-state index is 12.8. The molecule has 0 aromatic carbocycles. The van der Waals surface area contributed by atoms with E-state index in [1.54, 1.807) is 0 Å². The van der Waals surface area contributed by atoms with Gasteiger partial charge < -0.3 is 9.80 Å². The second-order valence-electron chi connectivity index (χ2n) is 9.86. The van der Waals surface area contributed by atoms with Gasteiger partial charge in [-0.25, -0.2) is 0 Å². The van der Waals surface area contributed by atoms with Gasteiger partial charge in [-0.15, -0.1) is 0 Å². The fourth-order valence-corrected chi connectivity index (χ4v) is 4.44. The minimum absolute atomic E-state index is 0.0245. The van der Waals surface area contributed by atoms with Crippen molar-refractivity contribution in [2.75, 3.05) is 26.2 Å². The van der Waals surface area contributed by atoms with Crippen molar-refractivity contribution < 1.29 is 4.79 Å². The molecule has 2 aliphatic rings. The van der Waals surface area contributed by atoms with Crippen molar-refractivity contribution in [3.05, 3.63) is 12.3 Å². The van der Waals surface area contributed by atoms with Gasteiger partial charge in [0.1, 0.15) is 0 Å². The van der Waals surface area contributed by atoms with Gasteiger partial charge in [0.15, 0.2) is 0 Å². The molecule has 5 heteroatoms. The van der Waals surface area contributed by atoms with Crippen LogP contribution in [0.2, 0.25) is 0 Å². The van der Waals surface area contributed by atoms with E-state index in [4.69, 9.17) is 0 Å². The Balaban J connectivity index is 2.09. The van der Waals surface area contributed by atoms with Crippen LogP contribution in [0, 0.1) is 0 Å². The minimum Gasteiger partial charge on any atom is -0.370 e. The first-order valence-electron chi connectivity index (χ1n) is 8.98. The summed E-state index contributed by atoms with van der Waals surface area (Å²) in [6, 6.07) is 0. The van der Waals surface area contributed by atoms with Crippen molar-refractivity contribution in [2.45, 2.75) is 77.5 Å². The van der Waals surface area contributed by atoms with Crippen LogP contribution < -0.4 is 10.6 Å². The number of nitrogens with one attached hydrogen (secondary N) is 2. The Morgan fingerprint density at radius 3 is 1.79 bits per heavy atom. The molecule has 2 fully saturated rings. The third-order valence-electron chi connectivity index (χ3n) is 5.04. The van der Waals surface area contributed by atoms with Gasteiger partial charge in [0.2, 0.25) is 5.91 Å². The lowest BCUT2D eigenvalue weighted by atomic mass is 9.88. The van der Waals surface area contributed by atoms with Crippen LogP contribution in [0.15, 0.2) is 12.3 Å². The summed E-state index contributed by atoms with van der Waals surface area (Å²) in [5, 5.41) is 7.11. The number of piperazine rings is 2. The first-order chi connectivity index (χ1) is 10.7. The number of carbonyl (C=O) groups is 1. The molecule has 2 heterocycles. The Morgan fingerprint density at radius 1 is 0.833 bits per heavy atom.